The van der Waals surface area contributed by atoms with Crippen molar-refractivity contribution in [1.82, 2.24) is 0 Å². The van der Waals surface area contributed by atoms with Gasteiger partial charge in [0.25, 0.3) is 0 Å². The Morgan fingerprint density at radius 2 is 2.31 bits per heavy atom. The van der Waals surface area contributed by atoms with Gasteiger partial charge in [0.05, 0.1) is 13.2 Å². The van der Waals surface area contributed by atoms with Crippen molar-refractivity contribution in [3.63, 3.8) is 0 Å². The third kappa shape index (κ3) is 2.93. The Morgan fingerprint density at radius 3 is 2.77 bits per heavy atom. The van der Waals surface area contributed by atoms with E-state index in [-0.39, 0.29) is 12.7 Å². The molecule has 1 aliphatic rings. The third-order valence-corrected chi connectivity index (χ3v) is 2.61. The SMILES string of the molecule is CCC(C)CC1(C)OCC(CO)O1. The Bertz CT molecular complexity index is 160. The minimum Gasteiger partial charge on any atom is -0.394 e. The molecule has 0 bridgehead atoms. The summed E-state index contributed by atoms with van der Waals surface area (Å²) in [5.41, 5.74) is 0. The highest BCUT2D eigenvalue weighted by Gasteiger charge is 2.37. The van der Waals surface area contributed by atoms with Crippen molar-refractivity contribution in [1.29, 1.82) is 0 Å². The van der Waals surface area contributed by atoms with Gasteiger partial charge < -0.3 is 14.6 Å². The van der Waals surface area contributed by atoms with E-state index in [0.717, 1.165) is 12.8 Å². The van der Waals surface area contributed by atoms with Crippen LogP contribution < -0.4 is 0 Å². The highest BCUT2D eigenvalue weighted by atomic mass is 16.7. The van der Waals surface area contributed by atoms with Crippen LogP contribution in [0.15, 0.2) is 0 Å². The standard InChI is InChI=1S/C10H20O3/c1-4-8(2)5-10(3)12-7-9(6-11)13-10/h8-9,11H,4-7H2,1-3H3. The van der Waals surface area contributed by atoms with Crippen molar-refractivity contribution < 1.29 is 14.6 Å². The highest BCUT2D eigenvalue weighted by Crippen LogP contribution is 2.30. The lowest BCUT2D eigenvalue weighted by Gasteiger charge is -2.25. The van der Waals surface area contributed by atoms with Gasteiger partial charge in [-0.25, -0.2) is 0 Å². The summed E-state index contributed by atoms with van der Waals surface area (Å²) in [7, 11) is 0. The molecule has 0 aromatic rings. The van der Waals surface area contributed by atoms with Gasteiger partial charge >= 0.3 is 0 Å². The summed E-state index contributed by atoms with van der Waals surface area (Å²) < 4.78 is 11.1. The average molecular weight is 188 g/mol. The molecule has 78 valence electrons. The zero-order valence-electron chi connectivity index (χ0n) is 8.75. The number of aliphatic hydroxyl groups is 1. The van der Waals surface area contributed by atoms with Crippen molar-refractivity contribution >= 4 is 0 Å². The number of ether oxygens (including phenoxy) is 2. The quantitative estimate of drug-likeness (QED) is 0.727. The van der Waals surface area contributed by atoms with Crippen molar-refractivity contribution in [2.75, 3.05) is 13.2 Å². The Kier molecular flexibility index (Phi) is 3.71. The fourth-order valence-corrected chi connectivity index (χ4v) is 1.66. The number of aliphatic hydroxyl groups excluding tert-OH is 1. The monoisotopic (exact) mass is 188 g/mol. The predicted molar refractivity (Wildman–Crippen MR) is 50.4 cm³/mol. The topological polar surface area (TPSA) is 38.7 Å². The maximum Gasteiger partial charge on any atom is 0.166 e. The number of hydrogen-bond acceptors (Lipinski definition) is 3. The fourth-order valence-electron chi connectivity index (χ4n) is 1.66. The Morgan fingerprint density at radius 1 is 1.62 bits per heavy atom. The molecule has 0 spiro atoms. The molecule has 3 unspecified atom stereocenters. The summed E-state index contributed by atoms with van der Waals surface area (Å²) in [6.07, 6.45) is 1.90. The molecule has 3 nitrogen and oxygen atoms in total. The molecule has 1 aliphatic heterocycles. The lowest BCUT2D eigenvalue weighted by atomic mass is 10.00. The smallest absolute Gasteiger partial charge is 0.166 e. The fraction of sp³-hybridized carbons (Fsp3) is 1.00. The van der Waals surface area contributed by atoms with E-state index in [9.17, 15) is 0 Å². The molecule has 0 amide bonds. The van der Waals surface area contributed by atoms with E-state index in [2.05, 4.69) is 13.8 Å². The van der Waals surface area contributed by atoms with Gasteiger partial charge in [0.1, 0.15) is 6.10 Å². The molecule has 0 aliphatic carbocycles. The minimum absolute atomic E-state index is 0.0517. The van der Waals surface area contributed by atoms with Crippen LogP contribution in [0.25, 0.3) is 0 Å². The van der Waals surface area contributed by atoms with Crippen molar-refractivity contribution in [3.05, 3.63) is 0 Å². The van der Waals surface area contributed by atoms with Crippen LogP contribution in [0.1, 0.15) is 33.6 Å². The molecule has 0 aromatic heterocycles. The minimum atomic E-state index is -0.469. The van der Waals surface area contributed by atoms with Crippen LogP contribution in [0, 0.1) is 5.92 Å². The lowest BCUT2D eigenvalue weighted by molar-refractivity contribution is -0.168. The molecule has 1 saturated heterocycles. The molecule has 1 heterocycles. The molecule has 1 N–H and O–H groups in total. The summed E-state index contributed by atoms with van der Waals surface area (Å²) in [4.78, 5) is 0. The average Bonchev–Trinajstić information content (AvgIpc) is 2.47. The van der Waals surface area contributed by atoms with Gasteiger partial charge in [-0.3, -0.25) is 0 Å². The molecule has 3 atom stereocenters. The van der Waals surface area contributed by atoms with E-state index in [1.165, 1.54) is 0 Å². The first-order valence-electron chi connectivity index (χ1n) is 5.02. The normalized spacial score (nSPS) is 36.5. The second-order valence-electron chi connectivity index (χ2n) is 4.08. The van der Waals surface area contributed by atoms with Crippen LogP contribution in [0.5, 0.6) is 0 Å². The van der Waals surface area contributed by atoms with Crippen molar-refractivity contribution in [2.45, 2.75) is 45.5 Å². The van der Waals surface area contributed by atoms with E-state index < -0.39 is 5.79 Å². The second-order valence-corrected chi connectivity index (χ2v) is 4.08. The van der Waals surface area contributed by atoms with Crippen LogP contribution in [0.3, 0.4) is 0 Å². The highest BCUT2D eigenvalue weighted by molar-refractivity contribution is 4.76. The molecular weight excluding hydrogens is 168 g/mol. The third-order valence-electron chi connectivity index (χ3n) is 2.61. The molecule has 0 radical (unpaired) electrons. The van der Waals surface area contributed by atoms with Crippen LogP contribution in [-0.4, -0.2) is 30.2 Å². The maximum absolute atomic E-state index is 8.88. The summed E-state index contributed by atoms with van der Waals surface area (Å²) >= 11 is 0. The maximum atomic E-state index is 8.88. The van der Waals surface area contributed by atoms with Gasteiger partial charge in [0.2, 0.25) is 0 Å². The lowest BCUT2D eigenvalue weighted by Crippen LogP contribution is -2.29. The predicted octanol–water partition coefficient (Wildman–Crippen LogP) is 1.55. The van der Waals surface area contributed by atoms with Crippen LogP contribution in [0.4, 0.5) is 0 Å². The first kappa shape index (κ1) is 11.0. The van der Waals surface area contributed by atoms with Gasteiger partial charge in [-0.05, 0) is 12.8 Å². The van der Waals surface area contributed by atoms with Crippen LogP contribution >= 0.6 is 0 Å². The summed E-state index contributed by atoms with van der Waals surface area (Å²) in [5.74, 6) is 0.130. The molecule has 13 heavy (non-hydrogen) atoms. The molecule has 3 heteroatoms. The van der Waals surface area contributed by atoms with Crippen LogP contribution in [-0.2, 0) is 9.47 Å². The Hall–Kier alpha value is -0.120. The number of hydrogen-bond donors (Lipinski definition) is 1. The summed E-state index contributed by atoms with van der Waals surface area (Å²) in [6.45, 7) is 6.87. The Labute approximate surface area is 80.0 Å². The molecule has 0 aromatic carbocycles. The van der Waals surface area contributed by atoms with E-state index in [1.54, 1.807) is 0 Å². The summed E-state index contributed by atoms with van der Waals surface area (Å²) in [6, 6.07) is 0. The molecule has 1 fully saturated rings. The molecule has 1 rings (SSSR count). The first-order chi connectivity index (χ1) is 6.09. The summed E-state index contributed by atoms with van der Waals surface area (Å²) in [5, 5.41) is 8.88. The van der Waals surface area contributed by atoms with E-state index in [4.69, 9.17) is 14.6 Å². The molecule has 0 saturated carbocycles. The second kappa shape index (κ2) is 4.40. The van der Waals surface area contributed by atoms with Gasteiger partial charge in [-0.2, -0.15) is 0 Å². The van der Waals surface area contributed by atoms with Gasteiger partial charge in [0, 0.05) is 6.42 Å². The van der Waals surface area contributed by atoms with Crippen LogP contribution in [0.2, 0.25) is 0 Å². The Balaban J connectivity index is 2.40. The van der Waals surface area contributed by atoms with Gasteiger partial charge in [0.15, 0.2) is 5.79 Å². The van der Waals surface area contributed by atoms with E-state index >= 15 is 0 Å². The largest absolute Gasteiger partial charge is 0.394 e. The molecular formula is C10H20O3. The van der Waals surface area contributed by atoms with E-state index in [1.807, 2.05) is 6.92 Å². The van der Waals surface area contributed by atoms with Gasteiger partial charge in [-0.1, -0.05) is 20.3 Å². The first-order valence-corrected chi connectivity index (χ1v) is 5.02. The van der Waals surface area contributed by atoms with Gasteiger partial charge in [-0.15, -0.1) is 0 Å². The number of rotatable bonds is 4. The van der Waals surface area contributed by atoms with Crippen molar-refractivity contribution in [3.8, 4) is 0 Å². The van der Waals surface area contributed by atoms with E-state index in [0.29, 0.717) is 12.5 Å². The zero-order valence-corrected chi connectivity index (χ0v) is 8.75. The zero-order chi connectivity index (χ0) is 9.90. The van der Waals surface area contributed by atoms with Crippen molar-refractivity contribution in [2.24, 2.45) is 5.92 Å².